The van der Waals surface area contributed by atoms with Gasteiger partial charge in [0.1, 0.15) is 24.7 Å². The van der Waals surface area contributed by atoms with Crippen molar-refractivity contribution in [3.63, 3.8) is 0 Å². The van der Waals surface area contributed by atoms with E-state index in [4.69, 9.17) is 9.47 Å². The normalized spacial score (nSPS) is 13.4. The third kappa shape index (κ3) is 18.3. The molecule has 2 nitrogen and oxygen atoms in total. The molecule has 0 spiro atoms. The zero-order valence-electron chi connectivity index (χ0n) is 35.8. The van der Waals surface area contributed by atoms with Crippen LogP contribution < -0.4 is 9.47 Å². The van der Waals surface area contributed by atoms with Crippen LogP contribution in [0, 0.1) is 6.92 Å². The standard InChI is InChI=1S/C52H74O2/c1-12-38-53-51-47(11)48(52(54-39-13-2)50-35-15-14-34-49(50)51)37-36-46(10)33-21-32-45(9)31-20-30-44(8)29-19-28-43(7)27-18-26-42(6)25-17-24-41(5)23-16-22-40(3)4/h12-15,22,24,26,28,30,32,34-36H,1-2,16-21,23,25,27,29,31,33,37-39H2,3-11H3/b41-24+,42-26+,43-28+,44-30+,45-32+,46-36+. The van der Waals surface area contributed by atoms with Crippen LogP contribution >= 0.6 is 0 Å². The molecule has 0 heterocycles. The Kier molecular flexibility index (Phi) is 22.8. The molecule has 2 aromatic carbocycles. The average molecular weight is 731 g/mol. The predicted molar refractivity (Wildman–Crippen MR) is 241 cm³/mol. The molecule has 0 aliphatic carbocycles. The Morgan fingerprint density at radius 1 is 0.481 bits per heavy atom. The smallest absolute Gasteiger partial charge is 0.131 e. The van der Waals surface area contributed by atoms with Crippen molar-refractivity contribution >= 4 is 10.8 Å². The van der Waals surface area contributed by atoms with Gasteiger partial charge in [-0.15, -0.1) is 0 Å². The molecule has 0 unspecified atom stereocenters. The van der Waals surface area contributed by atoms with Gasteiger partial charge in [0.25, 0.3) is 0 Å². The van der Waals surface area contributed by atoms with Crippen LogP contribution in [0.3, 0.4) is 0 Å². The van der Waals surface area contributed by atoms with Crippen LogP contribution in [0.4, 0.5) is 0 Å². The first-order chi connectivity index (χ1) is 26.0. The molecule has 0 aliphatic heterocycles. The summed E-state index contributed by atoms with van der Waals surface area (Å²) in [4.78, 5) is 0. The minimum atomic E-state index is 0.468. The summed E-state index contributed by atoms with van der Waals surface area (Å²) < 4.78 is 12.5. The fraction of sp³-hybridized carbons (Fsp3) is 0.462. The van der Waals surface area contributed by atoms with Gasteiger partial charge in [-0.25, -0.2) is 0 Å². The van der Waals surface area contributed by atoms with Crippen LogP contribution in [0.15, 0.2) is 131 Å². The summed E-state index contributed by atoms with van der Waals surface area (Å²) in [6, 6.07) is 8.33. The fourth-order valence-corrected chi connectivity index (χ4v) is 6.64. The first-order valence-electron chi connectivity index (χ1n) is 20.5. The minimum absolute atomic E-state index is 0.468. The highest BCUT2D eigenvalue weighted by molar-refractivity contribution is 5.96. The Morgan fingerprint density at radius 2 is 0.815 bits per heavy atom. The van der Waals surface area contributed by atoms with Crippen molar-refractivity contribution in [2.45, 2.75) is 146 Å². The zero-order chi connectivity index (χ0) is 39.7. The number of hydrogen-bond acceptors (Lipinski definition) is 2. The van der Waals surface area contributed by atoms with Crippen LogP contribution in [-0.2, 0) is 6.42 Å². The van der Waals surface area contributed by atoms with Crippen molar-refractivity contribution in [2.24, 2.45) is 0 Å². The van der Waals surface area contributed by atoms with E-state index >= 15 is 0 Å². The highest BCUT2D eigenvalue weighted by Crippen LogP contribution is 2.41. The van der Waals surface area contributed by atoms with E-state index in [9.17, 15) is 0 Å². The first kappa shape index (κ1) is 46.1. The number of allylic oxidation sites excluding steroid dienone is 14. The molecule has 294 valence electrons. The molecule has 0 aromatic heterocycles. The molecule has 0 bridgehead atoms. The molecular weight excluding hydrogens is 657 g/mol. The summed E-state index contributed by atoms with van der Waals surface area (Å²) in [7, 11) is 0. The summed E-state index contributed by atoms with van der Waals surface area (Å²) in [5.41, 5.74) is 12.6. The van der Waals surface area contributed by atoms with Crippen molar-refractivity contribution in [2.75, 3.05) is 13.2 Å². The molecule has 0 radical (unpaired) electrons. The lowest BCUT2D eigenvalue weighted by atomic mass is 9.95. The number of benzene rings is 2. The lowest BCUT2D eigenvalue weighted by Crippen LogP contribution is -2.04. The quantitative estimate of drug-likeness (QED) is 0.0897. The van der Waals surface area contributed by atoms with E-state index in [1.54, 1.807) is 12.2 Å². The summed E-state index contributed by atoms with van der Waals surface area (Å²) in [6.07, 6.45) is 34.9. The maximum Gasteiger partial charge on any atom is 0.131 e. The summed E-state index contributed by atoms with van der Waals surface area (Å²) in [6.45, 7) is 28.8. The third-order valence-electron chi connectivity index (χ3n) is 10.1. The van der Waals surface area contributed by atoms with Gasteiger partial charge in [0.2, 0.25) is 0 Å². The SMILES string of the molecule is C=CCOc1c(C)c(C/C=C(\C)CC/C=C(\C)CC/C=C(\C)CC/C=C(\C)CC/C=C(\C)CC/C=C(\C)CCC=C(C)C)c(OCC=C)c2ccccc12. The van der Waals surface area contributed by atoms with Gasteiger partial charge >= 0.3 is 0 Å². The van der Waals surface area contributed by atoms with E-state index < -0.39 is 0 Å². The van der Waals surface area contributed by atoms with Gasteiger partial charge in [0.15, 0.2) is 0 Å². The molecular formula is C52H74O2. The van der Waals surface area contributed by atoms with Crippen LogP contribution in [0.2, 0.25) is 0 Å². The molecule has 54 heavy (non-hydrogen) atoms. The Hall–Kier alpha value is -4.04. The monoisotopic (exact) mass is 731 g/mol. The van der Waals surface area contributed by atoms with Crippen molar-refractivity contribution in [1.29, 1.82) is 0 Å². The van der Waals surface area contributed by atoms with E-state index in [1.165, 1.54) is 57.4 Å². The average Bonchev–Trinajstić information content (AvgIpc) is 3.13. The van der Waals surface area contributed by atoms with Gasteiger partial charge in [-0.2, -0.15) is 0 Å². The third-order valence-corrected chi connectivity index (χ3v) is 10.1. The Bertz CT molecular complexity index is 1690. The second-order valence-electron chi connectivity index (χ2n) is 15.5. The van der Waals surface area contributed by atoms with Crippen LogP contribution in [0.25, 0.3) is 10.8 Å². The maximum atomic E-state index is 6.27. The highest BCUT2D eigenvalue weighted by Gasteiger charge is 2.18. The largest absolute Gasteiger partial charge is 0.489 e. The lowest BCUT2D eigenvalue weighted by molar-refractivity contribution is 0.354. The molecule has 2 rings (SSSR count). The molecule has 0 aliphatic rings. The number of rotatable bonds is 26. The molecule has 0 N–H and O–H groups in total. The topological polar surface area (TPSA) is 18.5 Å². The summed E-state index contributed by atoms with van der Waals surface area (Å²) >= 11 is 0. The van der Waals surface area contributed by atoms with E-state index in [0.717, 1.165) is 98.5 Å². The molecule has 0 atom stereocenters. The Labute approximate surface area is 331 Å². The van der Waals surface area contributed by atoms with Crippen molar-refractivity contribution in [3.8, 4) is 11.5 Å². The Balaban J connectivity index is 1.80. The highest BCUT2D eigenvalue weighted by atomic mass is 16.5. The van der Waals surface area contributed by atoms with Crippen LogP contribution in [0.1, 0.15) is 144 Å². The molecule has 0 fully saturated rings. The van der Waals surface area contributed by atoms with Crippen molar-refractivity contribution in [1.82, 2.24) is 0 Å². The first-order valence-corrected chi connectivity index (χ1v) is 20.5. The van der Waals surface area contributed by atoms with Gasteiger partial charge in [0, 0.05) is 16.3 Å². The molecule has 0 amide bonds. The van der Waals surface area contributed by atoms with Crippen LogP contribution in [-0.4, -0.2) is 13.2 Å². The summed E-state index contributed by atoms with van der Waals surface area (Å²) in [5, 5.41) is 2.14. The predicted octanol–water partition coefficient (Wildman–Crippen LogP) is 16.1. The molecule has 0 saturated heterocycles. The molecule has 2 aromatic rings. The van der Waals surface area contributed by atoms with E-state index in [1.807, 2.05) is 6.07 Å². The van der Waals surface area contributed by atoms with Crippen molar-refractivity contribution in [3.05, 3.63) is 142 Å². The second kappa shape index (κ2) is 26.7. The zero-order valence-corrected chi connectivity index (χ0v) is 35.8. The van der Waals surface area contributed by atoms with Gasteiger partial charge < -0.3 is 9.47 Å². The van der Waals surface area contributed by atoms with E-state index in [2.05, 4.69) is 136 Å². The van der Waals surface area contributed by atoms with Gasteiger partial charge in [-0.1, -0.05) is 131 Å². The summed E-state index contributed by atoms with van der Waals surface area (Å²) in [5.74, 6) is 1.84. The number of fused-ring (bicyclic) bond motifs is 1. The number of ether oxygens (including phenoxy) is 2. The minimum Gasteiger partial charge on any atom is -0.489 e. The van der Waals surface area contributed by atoms with E-state index in [-0.39, 0.29) is 0 Å². The number of hydrogen-bond donors (Lipinski definition) is 0. The lowest BCUT2D eigenvalue weighted by Gasteiger charge is -2.20. The van der Waals surface area contributed by atoms with Gasteiger partial charge in [0.05, 0.1) is 0 Å². The second-order valence-corrected chi connectivity index (χ2v) is 15.5. The molecule has 0 saturated carbocycles. The van der Waals surface area contributed by atoms with Gasteiger partial charge in [-0.3, -0.25) is 0 Å². The van der Waals surface area contributed by atoms with Gasteiger partial charge in [-0.05, 0) is 151 Å². The van der Waals surface area contributed by atoms with E-state index in [0.29, 0.717) is 13.2 Å². The van der Waals surface area contributed by atoms with Crippen LogP contribution in [0.5, 0.6) is 11.5 Å². The maximum absolute atomic E-state index is 6.27. The molecule has 2 heteroatoms. The fourth-order valence-electron chi connectivity index (χ4n) is 6.64. The Morgan fingerprint density at radius 3 is 1.19 bits per heavy atom. The van der Waals surface area contributed by atoms with Crippen molar-refractivity contribution < 1.29 is 9.47 Å².